The molecule has 0 amide bonds. The summed E-state index contributed by atoms with van der Waals surface area (Å²) < 4.78 is 0. The van der Waals surface area contributed by atoms with Gasteiger partial charge in [0.1, 0.15) is 0 Å². The smallest absolute Gasteiger partial charge is 0.0340 e. The van der Waals surface area contributed by atoms with Gasteiger partial charge in [0.05, 0.1) is 0 Å². The SMILES string of the molecule is c1ccc(NCCSc2ccncc2)cc1. The highest BCUT2D eigenvalue weighted by atomic mass is 32.2. The van der Waals surface area contributed by atoms with E-state index in [2.05, 4.69) is 22.4 Å². The number of aromatic nitrogens is 1. The Morgan fingerprint density at radius 1 is 1.00 bits per heavy atom. The Bertz CT molecular complexity index is 361. The van der Waals surface area contributed by atoms with Gasteiger partial charge in [-0.1, -0.05) is 18.2 Å². The van der Waals surface area contributed by atoms with E-state index in [0.29, 0.717) is 0 Å². The minimum atomic E-state index is 0.969. The summed E-state index contributed by atoms with van der Waals surface area (Å²) in [5, 5.41) is 3.38. The Morgan fingerprint density at radius 3 is 2.50 bits per heavy atom. The predicted octanol–water partition coefficient (Wildman–Crippen LogP) is 3.29. The molecule has 0 fully saturated rings. The summed E-state index contributed by atoms with van der Waals surface area (Å²) in [5.41, 5.74) is 1.18. The van der Waals surface area contributed by atoms with Crippen LogP contribution in [0.3, 0.4) is 0 Å². The van der Waals surface area contributed by atoms with Gasteiger partial charge in [-0.05, 0) is 24.3 Å². The zero-order valence-corrected chi connectivity index (χ0v) is 9.78. The highest BCUT2D eigenvalue weighted by molar-refractivity contribution is 7.99. The third-order valence-corrected chi connectivity index (χ3v) is 3.14. The van der Waals surface area contributed by atoms with Crippen LogP contribution in [-0.2, 0) is 0 Å². The summed E-state index contributed by atoms with van der Waals surface area (Å²) in [7, 11) is 0. The zero-order valence-electron chi connectivity index (χ0n) is 8.97. The first-order chi connectivity index (χ1) is 7.95. The minimum absolute atomic E-state index is 0.969. The van der Waals surface area contributed by atoms with Crippen LogP contribution in [0.4, 0.5) is 5.69 Å². The van der Waals surface area contributed by atoms with Crippen molar-refractivity contribution < 1.29 is 0 Å². The maximum atomic E-state index is 3.99. The van der Waals surface area contributed by atoms with Crippen LogP contribution in [0.5, 0.6) is 0 Å². The van der Waals surface area contributed by atoms with Gasteiger partial charge in [-0.15, -0.1) is 11.8 Å². The molecule has 2 aromatic rings. The summed E-state index contributed by atoms with van der Waals surface area (Å²) in [6.45, 7) is 0.969. The van der Waals surface area contributed by atoms with Crippen molar-refractivity contribution >= 4 is 17.4 Å². The van der Waals surface area contributed by atoms with E-state index in [0.717, 1.165) is 12.3 Å². The van der Waals surface area contributed by atoms with E-state index in [1.54, 1.807) is 0 Å². The van der Waals surface area contributed by atoms with Gasteiger partial charge in [0.2, 0.25) is 0 Å². The Morgan fingerprint density at radius 2 is 1.75 bits per heavy atom. The van der Waals surface area contributed by atoms with Gasteiger partial charge in [0.25, 0.3) is 0 Å². The Balaban J connectivity index is 1.70. The molecule has 3 heteroatoms. The lowest BCUT2D eigenvalue weighted by Crippen LogP contribution is -2.03. The van der Waals surface area contributed by atoms with E-state index >= 15 is 0 Å². The number of nitrogens with zero attached hydrogens (tertiary/aromatic N) is 1. The second-order valence-electron chi connectivity index (χ2n) is 3.32. The molecule has 0 aliphatic rings. The van der Waals surface area contributed by atoms with Crippen LogP contribution in [0.2, 0.25) is 0 Å². The van der Waals surface area contributed by atoms with Crippen molar-refractivity contribution in [1.82, 2.24) is 4.98 Å². The summed E-state index contributed by atoms with van der Waals surface area (Å²) >= 11 is 1.84. The average molecular weight is 230 g/mol. The Labute approximate surface area is 100 Å². The number of nitrogens with one attached hydrogen (secondary N) is 1. The summed E-state index contributed by atoms with van der Waals surface area (Å²) in [6.07, 6.45) is 3.65. The molecule has 1 heterocycles. The third kappa shape index (κ3) is 3.59. The minimum Gasteiger partial charge on any atom is -0.384 e. The lowest BCUT2D eigenvalue weighted by molar-refractivity contribution is 1.21. The van der Waals surface area contributed by atoms with Gasteiger partial charge in [-0.2, -0.15) is 0 Å². The van der Waals surface area contributed by atoms with E-state index in [9.17, 15) is 0 Å². The fourth-order valence-corrected chi connectivity index (χ4v) is 2.11. The average Bonchev–Trinajstić information content (AvgIpc) is 2.37. The molecule has 2 nitrogen and oxygen atoms in total. The largest absolute Gasteiger partial charge is 0.384 e. The number of pyridine rings is 1. The van der Waals surface area contributed by atoms with E-state index in [1.165, 1.54) is 10.6 Å². The molecule has 0 atom stereocenters. The molecule has 16 heavy (non-hydrogen) atoms. The summed E-state index contributed by atoms with van der Waals surface area (Å²) in [6, 6.07) is 14.3. The van der Waals surface area contributed by atoms with Crippen molar-refractivity contribution in [2.75, 3.05) is 17.6 Å². The van der Waals surface area contributed by atoms with Crippen LogP contribution in [0.1, 0.15) is 0 Å². The van der Waals surface area contributed by atoms with Crippen LogP contribution in [0.15, 0.2) is 59.8 Å². The fraction of sp³-hybridized carbons (Fsp3) is 0.154. The molecular weight excluding hydrogens is 216 g/mol. The van der Waals surface area contributed by atoms with E-state index in [1.807, 2.05) is 54.5 Å². The van der Waals surface area contributed by atoms with Crippen molar-refractivity contribution in [3.8, 4) is 0 Å². The molecule has 0 aliphatic carbocycles. The number of benzene rings is 1. The van der Waals surface area contributed by atoms with Gasteiger partial charge >= 0.3 is 0 Å². The van der Waals surface area contributed by atoms with Crippen LogP contribution < -0.4 is 5.32 Å². The first-order valence-electron chi connectivity index (χ1n) is 5.27. The summed E-state index contributed by atoms with van der Waals surface area (Å²) in [4.78, 5) is 5.26. The standard InChI is InChI=1S/C13H14N2S/c1-2-4-12(5-3-1)15-10-11-16-13-6-8-14-9-7-13/h1-9,15H,10-11H2. The number of rotatable bonds is 5. The van der Waals surface area contributed by atoms with E-state index in [4.69, 9.17) is 0 Å². The first kappa shape index (κ1) is 11.0. The molecule has 0 saturated heterocycles. The van der Waals surface area contributed by atoms with Gasteiger partial charge in [-0.3, -0.25) is 4.98 Å². The number of hydrogen-bond acceptors (Lipinski definition) is 3. The van der Waals surface area contributed by atoms with Gasteiger partial charge in [0.15, 0.2) is 0 Å². The van der Waals surface area contributed by atoms with E-state index in [-0.39, 0.29) is 0 Å². The highest BCUT2D eigenvalue weighted by Crippen LogP contribution is 2.15. The fourth-order valence-electron chi connectivity index (χ4n) is 1.35. The van der Waals surface area contributed by atoms with Crippen molar-refractivity contribution in [2.45, 2.75) is 4.90 Å². The second kappa shape index (κ2) is 6.18. The first-order valence-corrected chi connectivity index (χ1v) is 6.25. The molecule has 0 radical (unpaired) electrons. The molecule has 1 N–H and O–H groups in total. The molecule has 1 aromatic heterocycles. The Kier molecular flexibility index (Phi) is 4.26. The molecule has 0 unspecified atom stereocenters. The molecule has 0 spiro atoms. The van der Waals surface area contributed by atoms with Crippen LogP contribution in [0, 0.1) is 0 Å². The van der Waals surface area contributed by atoms with Gasteiger partial charge < -0.3 is 5.32 Å². The third-order valence-electron chi connectivity index (χ3n) is 2.12. The van der Waals surface area contributed by atoms with Crippen LogP contribution in [-0.4, -0.2) is 17.3 Å². The molecule has 0 saturated carbocycles. The van der Waals surface area contributed by atoms with Crippen molar-refractivity contribution in [3.63, 3.8) is 0 Å². The highest BCUT2D eigenvalue weighted by Gasteiger charge is 1.93. The monoisotopic (exact) mass is 230 g/mol. The lowest BCUT2D eigenvalue weighted by Gasteiger charge is -2.05. The van der Waals surface area contributed by atoms with Gasteiger partial charge in [0, 0.05) is 35.3 Å². The molecular formula is C13H14N2S. The quantitative estimate of drug-likeness (QED) is 0.630. The van der Waals surface area contributed by atoms with Gasteiger partial charge in [-0.25, -0.2) is 0 Å². The molecule has 1 aromatic carbocycles. The van der Waals surface area contributed by atoms with Crippen molar-refractivity contribution in [1.29, 1.82) is 0 Å². The number of thioether (sulfide) groups is 1. The maximum absolute atomic E-state index is 3.99. The number of anilines is 1. The van der Waals surface area contributed by atoms with Crippen molar-refractivity contribution in [3.05, 3.63) is 54.9 Å². The number of para-hydroxylation sites is 1. The van der Waals surface area contributed by atoms with Crippen molar-refractivity contribution in [2.24, 2.45) is 0 Å². The normalized spacial score (nSPS) is 10.0. The molecule has 2 rings (SSSR count). The molecule has 0 bridgehead atoms. The van der Waals surface area contributed by atoms with Crippen LogP contribution >= 0.6 is 11.8 Å². The zero-order chi connectivity index (χ0) is 11.1. The molecule has 82 valence electrons. The Hall–Kier alpha value is -1.48. The second-order valence-corrected chi connectivity index (χ2v) is 4.49. The molecule has 0 aliphatic heterocycles. The summed E-state index contributed by atoms with van der Waals surface area (Å²) in [5.74, 6) is 1.05. The lowest BCUT2D eigenvalue weighted by atomic mass is 10.3. The maximum Gasteiger partial charge on any atom is 0.0340 e. The topological polar surface area (TPSA) is 24.9 Å². The van der Waals surface area contributed by atoms with E-state index < -0.39 is 0 Å². The van der Waals surface area contributed by atoms with Crippen LogP contribution in [0.25, 0.3) is 0 Å². The predicted molar refractivity (Wildman–Crippen MR) is 69.9 cm³/mol. The number of hydrogen-bond donors (Lipinski definition) is 1.